The molecule has 0 radical (unpaired) electrons. The monoisotopic (exact) mass is 292 g/mol. The Morgan fingerprint density at radius 1 is 1.30 bits per heavy atom. The van der Waals surface area contributed by atoms with E-state index in [2.05, 4.69) is 15.3 Å². The maximum atomic E-state index is 12.8. The van der Waals surface area contributed by atoms with Crippen molar-refractivity contribution >= 4 is 11.8 Å². The second kappa shape index (κ2) is 5.41. The third-order valence-electron chi connectivity index (χ3n) is 2.92. The Balaban J connectivity index is 2.35. The molecular weight excluding hydrogens is 277 g/mol. The zero-order valence-electron chi connectivity index (χ0n) is 10.7. The molecule has 0 spiro atoms. The van der Waals surface area contributed by atoms with Gasteiger partial charge < -0.3 is 20.4 Å². The van der Waals surface area contributed by atoms with Crippen molar-refractivity contribution in [2.75, 3.05) is 29.9 Å². The summed E-state index contributed by atoms with van der Waals surface area (Å²) < 4.78 is 38.4. The lowest BCUT2D eigenvalue weighted by atomic mass is 10.3. The first-order valence-corrected chi connectivity index (χ1v) is 6.12. The molecule has 1 fully saturated rings. The minimum Gasteiger partial charge on any atom is -0.389 e. The molecule has 6 nitrogen and oxygen atoms in total. The first-order chi connectivity index (χ1) is 9.31. The normalized spacial score (nSPS) is 23.2. The van der Waals surface area contributed by atoms with E-state index in [1.807, 2.05) is 0 Å². The van der Waals surface area contributed by atoms with E-state index in [1.54, 1.807) is 6.92 Å². The lowest BCUT2D eigenvalue weighted by molar-refractivity contribution is -0.141. The molecule has 1 aromatic heterocycles. The Bertz CT molecular complexity index is 473. The van der Waals surface area contributed by atoms with Gasteiger partial charge in [0.25, 0.3) is 0 Å². The van der Waals surface area contributed by atoms with Gasteiger partial charge in [-0.3, -0.25) is 0 Å². The molecule has 20 heavy (non-hydrogen) atoms. The van der Waals surface area contributed by atoms with Crippen LogP contribution in [-0.4, -0.2) is 52.0 Å². The number of aromatic nitrogens is 2. The number of aliphatic hydroxyl groups is 2. The van der Waals surface area contributed by atoms with Gasteiger partial charge >= 0.3 is 6.18 Å². The second-order valence-corrected chi connectivity index (χ2v) is 4.50. The minimum atomic E-state index is -4.58. The molecule has 1 aromatic rings. The number of aliphatic hydroxyl groups excluding tert-OH is 2. The summed E-state index contributed by atoms with van der Waals surface area (Å²) in [5.74, 6) is -0.105. The van der Waals surface area contributed by atoms with Crippen molar-refractivity contribution in [3.63, 3.8) is 0 Å². The average molecular weight is 292 g/mol. The molecule has 1 saturated heterocycles. The largest absolute Gasteiger partial charge is 0.433 e. The molecule has 3 N–H and O–H groups in total. The number of nitrogens with zero attached hydrogens (tertiary/aromatic N) is 3. The van der Waals surface area contributed by atoms with Gasteiger partial charge in [0, 0.05) is 25.7 Å². The van der Waals surface area contributed by atoms with Crippen molar-refractivity contribution in [2.24, 2.45) is 0 Å². The number of halogens is 3. The molecule has 0 aromatic carbocycles. The van der Waals surface area contributed by atoms with E-state index in [1.165, 1.54) is 4.90 Å². The van der Waals surface area contributed by atoms with Gasteiger partial charge in [-0.15, -0.1) is 0 Å². The maximum Gasteiger partial charge on any atom is 0.433 e. The lowest BCUT2D eigenvalue weighted by Crippen LogP contribution is -2.24. The van der Waals surface area contributed by atoms with Gasteiger partial charge in [-0.2, -0.15) is 18.2 Å². The lowest BCUT2D eigenvalue weighted by Gasteiger charge is -2.19. The molecule has 9 heteroatoms. The second-order valence-electron chi connectivity index (χ2n) is 4.50. The fourth-order valence-corrected chi connectivity index (χ4v) is 1.94. The average Bonchev–Trinajstić information content (AvgIpc) is 2.69. The van der Waals surface area contributed by atoms with E-state index in [4.69, 9.17) is 0 Å². The van der Waals surface area contributed by atoms with Gasteiger partial charge in [0.15, 0.2) is 5.69 Å². The van der Waals surface area contributed by atoms with Crippen LogP contribution in [0.5, 0.6) is 0 Å². The Morgan fingerprint density at radius 2 is 1.90 bits per heavy atom. The molecular formula is C11H15F3N4O2. The molecule has 1 aliphatic heterocycles. The molecule has 0 aliphatic carbocycles. The van der Waals surface area contributed by atoms with E-state index in [0.717, 1.165) is 6.07 Å². The van der Waals surface area contributed by atoms with Crippen molar-refractivity contribution in [1.29, 1.82) is 0 Å². The summed E-state index contributed by atoms with van der Waals surface area (Å²) in [4.78, 5) is 8.77. The highest BCUT2D eigenvalue weighted by Gasteiger charge is 2.36. The van der Waals surface area contributed by atoms with Gasteiger partial charge in [-0.05, 0) is 6.92 Å². The van der Waals surface area contributed by atoms with Gasteiger partial charge in [0.1, 0.15) is 5.82 Å². The Hall–Kier alpha value is -1.61. The van der Waals surface area contributed by atoms with Crippen LogP contribution in [0, 0.1) is 0 Å². The number of anilines is 2. The first kappa shape index (κ1) is 14.8. The van der Waals surface area contributed by atoms with E-state index >= 15 is 0 Å². The van der Waals surface area contributed by atoms with Crippen LogP contribution in [0.15, 0.2) is 6.07 Å². The van der Waals surface area contributed by atoms with Crippen LogP contribution < -0.4 is 10.2 Å². The third-order valence-corrected chi connectivity index (χ3v) is 2.92. The van der Waals surface area contributed by atoms with Crippen LogP contribution in [0.2, 0.25) is 0 Å². The Kier molecular flexibility index (Phi) is 4.00. The Morgan fingerprint density at radius 3 is 2.40 bits per heavy atom. The van der Waals surface area contributed by atoms with Gasteiger partial charge in [0.2, 0.25) is 5.95 Å². The highest BCUT2D eigenvalue weighted by atomic mass is 19.4. The summed E-state index contributed by atoms with van der Waals surface area (Å²) in [5.41, 5.74) is -1.06. The van der Waals surface area contributed by atoms with Gasteiger partial charge in [-0.1, -0.05) is 0 Å². The molecule has 0 bridgehead atoms. The van der Waals surface area contributed by atoms with Crippen LogP contribution >= 0.6 is 0 Å². The minimum absolute atomic E-state index is 0.0267. The highest BCUT2D eigenvalue weighted by Crippen LogP contribution is 2.31. The van der Waals surface area contributed by atoms with Crippen molar-refractivity contribution in [3.8, 4) is 0 Å². The molecule has 2 rings (SSSR count). The van der Waals surface area contributed by atoms with Gasteiger partial charge in [0.05, 0.1) is 12.2 Å². The van der Waals surface area contributed by atoms with E-state index < -0.39 is 24.1 Å². The predicted octanol–water partition coefficient (Wildman–Crippen LogP) is 0.469. The molecule has 2 atom stereocenters. The quantitative estimate of drug-likeness (QED) is 0.751. The summed E-state index contributed by atoms with van der Waals surface area (Å²) in [6, 6.07) is 0.811. The summed E-state index contributed by atoms with van der Waals surface area (Å²) in [6.07, 6.45) is -6.58. The Labute approximate surface area is 113 Å². The smallest absolute Gasteiger partial charge is 0.389 e. The topological polar surface area (TPSA) is 81.5 Å². The summed E-state index contributed by atoms with van der Waals surface area (Å²) in [7, 11) is 0. The van der Waals surface area contributed by atoms with Crippen molar-refractivity contribution in [3.05, 3.63) is 11.8 Å². The SMILES string of the molecule is CCNc1nc(N2CC(O)C(O)C2)cc(C(F)(F)F)n1. The number of β-amino-alcohol motifs (C(OH)–C–C–N with tert-alkyl or cyclic N) is 2. The van der Waals surface area contributed by atoms with Crippen LogP contribution in [0.1, 0.15) is 12.6 Å². The molecule has 1 aliphatic rings. The number of nitrogens with one attached hydrogen (secondary N) is 1. The van der Waals surface area contributed by atoms with E-state index in [-0.39, 0.29) is 24.9 Å². The molecule has 0 saturated carbocycles. The standard InChI is InChI=1S/C11H15F3N4O2/c1-2-15-10-16-8(11(12,13)14)3-9(17-10)18-4-6(19)7(20)5-18/h3,6-7,19-20H,2,4-5H2,1H3,(H,15,16,17). The van der Waals surface area contributed by atoms with Crippen molar-refractivity contribution in [2.45, 2.75) is 25.3 Å². The summed E-state index contributed by atoms with van der Waals surface area (Å²) in [6.45, 7) is 2.15. The van der Waals surface area contributed by atoms with Crippen molar-refractivity contribution in [1.82, 2.24) is 9.97 Å². The first-order valence-electron chi connectivity index (χ1n) is 6.12. The summed E-state index contributed by atoms with van der Waals surface area (Å²) >= 11 is 0. The molecule has 2 unspecified atom stereocenters. The number of hydrogen-bond donors (Lipinski definition) is 3. The van der Waals surface area contributed by atoms with Crippen LogP contribution in [-0.2, 0) is 6.18 Å². The molecule has 2 heterocycles. The zero-order chi connectivity index (χ0) is 14.9. The number of alkyl halides is 3. The molecule has 0 amide bonds. The van der Waals surface area contributed by atoms with Crippen LogP contribution in [0.25, 0.3) is 0 Å². The highest BCUT2D eigenvalue weighted by molar-refractivity contribution is 5.47. The maximum absolute atomic E-state index is 12.8. The third kappa shape index (κ3) is 3.10. The van der Waals surface area contributed by atoms with E-state index in [0.29, 0.717) is 6.54 Å². The summed E-state index contributed by atoms with van der Waals surface area (Å²) in [5, 5.41) is 21.5. The van der Waals surface area contributed by atoms with Crippen LogP contribution in [0.3, 0.4) is 0 Å². The predicted molar refractivity (Wildman–Crippen MR) is 65.4 cm³/mol. The number of rotatable bonds is 3. The fraction of sp³-hybridized carbons (Fsp3) is 0.636. The van der Waals surface area contributed by atoms with Gasteiger partial charge in [-0.25, -0.2) is 4.98 Å². The fourth-order valence-electron chi connectivity index (χ4n) is 1.94. The number of hydrogen-bond acceptors (Lipinski definition) is 6. The molecule has 112 valence electrons. The van der Waals surface area contributed by atoms with Crippen LogP contribution in [0.4, 0.5) is 24.9 Å². The zero-order valence-corrected chi connectivity index (χ0v) is 10.7. The van der Waals surface area contributed by atoms with E-state index in [9.17, 15) is 23.4 Å². The van der Waals surface area contributed by atoms with Crippen molar-refractivity contribution < 1.29 is 23.4 Å².